The molecule has 1 aromatic heterocycles. The summed E-state index contributed by atoms with van der Waals surface area (Å²) in [6.45, 7) is 0.776. The van der Waals surface area contributed by atoms with Crippen LogP contribution < -0.4 is 4.74 Å². The zero-order chi connectivity index (χ0) is 12.1. The number of hydrogen-bond acceptors (Lipinski definition) is 5. The highest BCUT2D eigenvalue weighted by molar-refractivity contribution is 7.80. The third-order valence-electron chi connectivity index (χ3n) is 2.51. The Morgan fingerprint density at radius 3 is 2.65 bits per heavy atom. The summed E-state index contributed by atoms with van der Waals surface area (Å²) in [5.41, 5.74) is 1.28. The first-order valence-corrected chi connectivity index (χ1v) is 5.82. The van der Waals surface area contributed by atoms with Gasteiger partial charge < -0.3 is 4.74 Å². The highest BCUT2D eigenvalue weighted by Crippen LogP contribution is 2.13. The second-order valence-electron chi connectivity index (χ2n) is 3.65. The Morgan fingerprint density at radius 2 is 2.06 bits per heavy atom. The van der Waals surface area contributed by atoms with Crippen molar-refractivity contribution in [1.82, 2.24) is 20.2 Å². The van der Waals surface area contributed by atoms with Crippen molar-refractivity contribution in [3.63, 3.8) is 0 Å². The van der Waals surface area contributed by atoms with Gasteiger partial charge in [0.15, 0.2) is 0 Å². The molecule has 5 nitrogen and oxygen atoms in total. The molecule has 2 rings (SSSR count). The summed E-state index contributed by atoms with van der Waals surface area (Å²) in [5, 5.41) is 11.6. The van der Waals surface area contributed by atoms with Crippen LogP contribution in [-0.4, -0.2) is 27.3 Å². The van der Waals surface area contributed by atoms with Gasteiger partial charge in [0.2, 0.25) is 5.16 Å². The number of tetrazole rings is 1. The maximum absolute atomic E-state index is 5.11. The van der Waals surface area contributed by atoms with Gasteiger partial charge >= 0.3 is 0 Å². The number of benzene rings is 1. The Bertz CT molecular complexity index is 469. The van der Waals surface area contributed by atoms with Crippen LogP contribution in [0.25, 0.3) is 0 Å². The third-order valence-corrected chi connectivity index (χ3v) is 2.83. The molecule has 90 valence electrons. The van der Waals surface area contributed by atoms with Crippen molar-refractivity contribution in [2.75, 3.05) is 7.11 Å². The van der Waals surface area contributed by atoms with Crippen LogP contribution in [0, 0.1) is 0 Å². The molecule has 0 atom stereocenters. The molecule has 0 radical (unpaired) electrons. The van der Waals surface area contributed by atoms with E-state index in [1.807, 2.05) is 12.1 Å². The largest absolute Gasteiger partial charge is 0.497 e. The smallest absolute Gasteiger partial charge is 0.206 e. The van der Waals surface area contributed by atoms with Gasteiger partial charge in [0.05, 0.1) is 7.11 Å². The minimum Gasteiger partial charge on any atom is -0.497 e. The highest BCUT2D eigenvalue weighted by atomic mass is 32.1. The van der Waals surface area contributed by atoms with Gasteiger partial charge in [-0.05, 0) is 41.0 Å². The van der Waals surface area contributed by atoms with E-state index in [0.29, 0.717) is 5.16 Å². The van der Waals surface area contributed by atoms with Crippen LogP contribution in [-0.2, 0) is 13.0 Å². The molecule has 0 aliphatic heterocycles. The number of hydrogen-bond donors (Lipinski definition) is 1. The predicted octanol–water partition coefficient (Wildman–Crippen LogP) is 1.60. The number of aryl methyl sites for hydroxylation is 2. The van der Waals surface area contributed by atoms with Gasteiger partial charge in [-0.25, -0.2) is 4.68 Å². The molecule has 1 aromatic carbocycles. The molecule has 0 amide bonds. The minimum absolute atomic E-state index is 0.555. The Hall–Kier alpha value is -1.56. The Balaban J connectivity index is 1.83. The van der Waals surface area contributed by atoms with Gasteiger partial charge in [-0.3, -0.25) is 0 Å². The molecule has 0 bridgehead atoms. The summed E-state index contributed by atoms with van der Waals surface area (Å²) in [4.78, 5) is 0. The lowest BCUT2D eigenvalue weighted by molar-refractivity contribution is 0.414. The molecule has 0 N–H and O–H groups in total. The average Bonchev–Trinajstić information content (AvgIpc) is 2.76. The lowest BCUT2D eigenvalue weighted by Crippen LogP contribution is -2.02. The van der Waals surface area contributed by atoms with E-state index in [9.17, 15) is 0 Å². The maximum Gasteiger partial charge on any atom is 0.206 e. The van der Waals surface area contributed by atoms with E-state index in [-0.39, 0.29) is 0 Å². The van der Waals surface area contributed by atoms with Crippen molar-refractivity contribution in [3.05, 3.63) is 29.8 Å². The topological polar surface area (TPSA) is 52.8 Å². The van der Waals surface area contributed by atoms with Crippen LogP contribution in [0.5, 0.6) is 5.75 Å². The molecular formula is C11H14N4OS. The number of aromatic nitrogens is 4. The summed E-state index contributed by atoms with van der Waals surface area (Å²) >= 11 is 4.15. The Kier molecular flexibility index (Phi) is 3.98. The van der Waals surface area contributed by atoms with Crippen LogP contribution in [0.1, 0.15) is 12.0 Å². The van der Waals surface area contributed by atoms with Crippen molar-refractivity contribution in [1.29, 1.82) is 0 Å². The molecule has 0 aliphatic carbocycles. The van der Waals surface area contributed by atoms with E-state index in [4.69, 9.17) is 4.74 Å². The molecule has 0 fully saturated rings. The van der Waals surface area contributed by atoms with Crippen molar-refractivity contribution in [2.24, 2.45) is 0 Å². The fourth-order valence-corrected chi connectivity index (χ4v) is 1.75. The van der Waals surface area contributed by atoms with E-state index in [1.54, 1.807) is 11.8 Å². The van der Waals surface area contributed by atoms with Gasteiger partial charge in [0, 0.05) is 6.54 Å². The SMILES string of the molecule is COc1ccc(CCCn2nnnc2S)cc1. The zero-order valence-electron chi connectivity index (χ0n) is 9.58. The predicted molar refractivity (Wildman–Crippen MR) is 66.4 cm³/mol. The molecule has 0 saturated carbocycles. The van der Waals surface area contributed by atoms with Crippen LogP contribution >= 0.6 is 12.6 Å². The van der Waals surface area contributed by atoms with Crippen molar-refractivity contribution >= 4 is 12.6 Å². The fourth-order valence-electron chi connectivity index (χ4n) is 1.57. The van der Waals surface area contributed by atoms with E-state index in [1.165, 1.54) is 5.56 Å². The Labute approximate surface area is 105 Å². The fraction of sp³-hybridized carbons (Fsp3) is 0.364. The van der Waals surface area contributed by atoms with Gasteiger partial charge in [-0.15, -0.1) is 17.7 Å². The van der Waals surface area contributed by atoms with Crippen LogP contribution in [0.15, 0.2) is 29.4 Å². The van der Waals surface area contributed by atoms with E-state index < -0.39 is 0 Å². The molecule has 1 heterocycles. The summed E-state index contributed by atoms with van der Waals surface area (Å²) in [6, 6.07) is 8.08. The van der Waals surface area contributed by atoms with Crippen molar-refractivity contribution in [3.8, 4) is 5.75 Å². The summed E-state index contributed by atoms with van der Waals surface area (Å²) in [7, 11) is 1.67. The number of methoxy groups -OCH3 is 1. The first-order chi connectivity index (χ1) is 8.29. The lowest BCUT2D eigenvalue weighted by atomic mass is 10.1. The molecule has 0 spiro atoms. The zero-order valence-corrected chi connectivity index (χ0v) is 10.5. The number of thiol groups is 1. The molecular weight excluding hydrogens is 236 g/mol. The second-order valence-corrected chi connectivity index (χ2v) is 4.05. The number of ether oxygens (including phenoxy) is 1. The third kappa shape index (κ3) is 3.20. The first-order valence-electron chi connectivity index (χ1n) is 5.37. The maximum atomic E-state index is 5.11. The van der Waals surface area contributed by atoms with Crippen molar-refractivity contribution < 1.29 is 4.74 Å². The lowest BCUT2D eigenvalue weighted by Gasteiger charge is -2.04. The number of rotatable bonds is 5. The van der Waals surface area contributed by atoms with Crippen LogP contribution in [0.2, 0.25) is 0 Å². The normalized spacial score (nSPS) is 10.5. The van der Waals surface area contributed by atoms with E-state index >= 15 is 0 Å². The van der Waals surface area contributed by atoms with E-state index in [0.717, 1.165) is 25.1 Å². The monoisotopic (exact) mass is 250 g/mol. The molecule has 0 aliphatic rings. The molecule has 17 heavy (non-hydrogen) atoms. The Morgan fingerprint density at radius 1 is 1.29 bits per heavy atom. The quantitative estimate of drug-likeness (QED) is 0.819. The van der Waals surface area contributed by atoms with Crippen LogP contribution in [0.4, 0.5) is 0 Å². The van der Waals surface area contributed by atoms with Crippen molar-refractivity contribution in [2.45, 2.75) is 24.5 Å². The molecule has 2 aromatic rings. The summed E-state index contributed by atoms with van der Waals surface area (Å²) in [6.07, 6.45) is 1.96. The van der Waals surface area contributed by atoms with Gasteiger partial charge in [0.25, 0.3) is 0 Å². The molecule has 6 heteroatoms. The van der Waals surface area contributed by atoms with E-state index in [2.05, 4.69) is 40.3 Å². The molecule has 0 unspecified atom stereocenters. The van der Waals surface area contributed by atoms with Crippen LogP contribution in [0.3, 0.4) is 0 Å². The molecule has 0 saturated heterocycles. The first kappa shape index (κ1) is 11.9. The standard InChI is InChI=1S/C11H14N4OS/c1-16-10-6-4-9(5-7-10)3-2-8-15-11(17)12-13-14-15/h4-7H,2-3,8H2,1H3,(H,12,14,17). The highest BCUT2D eigenvalue weighted by Gasteiger charge is 2.01. The average molecular weight is 250 g/mol. The van der Waals surface area contributed by atoms with Gasteiger partial charge in [-0.1, -0.05) is 12.1 Å². The van der Waals surface area contributed by atoms with Gasteiger partial charge in [-0.2, -0.15) is 0 Å². The second kappa shape index (κ2) is 5.67. The summed E-state index contributed by atoms with van der Waals surface area (Å²) < 4.78 is 6.79. The minimum atomic E-state index is 0.555. The summed E-state index contributed by atoms with van der Waals surface area (Å²) in [5.74, 6) is 0.881. The van der Waals surface area contributed by atoms with Gasteiger partial charge in [0.1, 0.15) is 5.75 Å². The number of nitrogens with zero attached hydrogens (tertiary/aromatic N) is 4.